The summed E-state index contributed by atoms with van der Waals surface area (Å²) in [7, 11) is -2.13. The number of aliphatic hydroxyl groups is 1. The van der Waals surface area contributed by atoms with Crippen molar-refractivity contribution in [2.45, 2.75) is 50.8 Å². The molecule has 8 nitrogen and oxygen atoms in total. The Kier molecular flexibility index (Phi) is 9.55. The molecule has 0 radical (unpaired) electrons. The second-order valence-corrected chi connectivity index (χ2v) is 12.1. The largest absolute Gasteiger partial charge is 0.493 e. The minimum absolute atomic E-state index is 0.113. The van der Waals surface area contributed by atoms with Crippen LogP contribution in [-0.4, -0.2) is 61.0 Å². The van der Waals surface area contributed by atoms with E-state index in [1.54, 1.807) is 35.0 Å². The zero-order valence-corrected chi connectivity index (χ0v) is 23.1. The number of aromatic nitrogens is 1. The van der Waals surface area contributed by atoms with Gasteiger partial charge in [0, 0.05) is 25.0 Å². The molecule has 2 heterocycles. The highest BCUT2D eigenvalue weighted by molar-refractivity contribution is 7.89. The molecule has 2 aromatic carbocycles. The molecule has 4 rings (SSSR count). The zero-order chi connectivity index (χ0) is 26.3. The Morgan fingerprint density at radius 2 is 1.84 bits per heavy atom. The molecule has 1 N–H and O–H groups in total. The van der Waals surface area contributed by atoms with Crippen LogP contribution in [0.2, 0.25) is 0 Å². The topological polar surface area (TPSA) is 92.2 Å². The van der Waals surface area contributed by atoms with Gasteiger partial charge in [0.05, 0.1) is 24.3 Å². The number of sulfonamides is 1. The smallest absolute Gasteiger partial charge is 0.243 e. The summed E-state index contributed by atoms with van der Waals surface area (Å²) >= 11 is 1.41. The first kappa shape index (κ1) is 27.5. The van der Waals surface area contributed by atoms with Crippen molar-refractivity contribution in [3.05, 3.63) is 69.7 Å². The van der Waals surface area contributed by atoms with Gasteiger partial charge in [-0.1, -0.05) is 30.2 Å². The van der Waals surface area contributed by atoms with Crippen molar-refractivity contribution in [3.63, 3.8) is 0 Å². The minimum Gasteiger partial charge on any atom is -0.493 e. The average molecular weight is 546 g/mol. The van der Waals surface area contributed by atoms with Crippen LogP contribution in [0, 0.1) is 6.92 Å². The summed E-state index contributed by atoms with van der Waals surface area (Å²) in [6.07, 6.45) is 3.55. The number of aryl methyl sites for hydroxylation is 1. The molecule has 0 saturated carbocycles. The molecule has 1 saturated heterocycles. The van der Waals surface area contributed by atoms with Crippen molar-refractivity contribution < 1.29 is 23.0 Å². The molecular weight excluding hydrogens is 510 g/mol. The fourth-order valence-electron chi connectivity index (χ4n) is 4.34. The van der Waals surface area contributed by atoms with Crippen LogP contribution in [0.15, 0.2) is 52.7 Å². The summed E-state index contributed by atoms with van der Waals surface area (Å²) < 4.78 is 40.4. The number of aliphatic hydroxyl groups excluding tert-OH is 1. The number of likely N-dealkylation sites (tertiary alicyclic amines) is 1. The lowest BCUT2D eigenvalue weighted by atomic mass is 10.1. The maximum absolute atomic E-state index is 13.7. The molecule has 0 bridgehead atoms. The van der Waals surface area contributed by atoms with Gasteiger partial charge < -0.3 is 19.5 Å². The number of hydrogen-bond acceptors (Lipinski definition) is 8. The summed E-state index contributed by atoms with van der Waals surface area (Å²) in [6.45, 7) is 5.39. The van der Waals surface area contributed by atoms with E-state index in [1.165, 1.54) is 17.8 Å². The third kappa shape index (κ3) is 7.30. The number of benzene rings is 2. The van der Waals surface area contributed by atoms with E-state index in [-0.39, 0.29) is 19.8 Å². The zero-order valence-electron chi connectivity index (χ0n) is 21.4. The maximum Gasteiger partial charge on any atom is 0.243 e. The minimum atomic E-state index is -3.70. The number of rotatable bonds is 12. The van der Waals surface area contributed by atoms with Crippen LogP contribution in [0.3, 0.4) is 0 Å². The first-order valence-electron chi connectivity index (χ1n) is 12.5. The molecule has 0 aliphatic carbocycles. The highest BCUT2D eigenvalue weighted by Crippen LogP contribution is 2.30. The fraction of sp³-hybridized carbons (Fsp3) is 0.444. The third-order valence-corrected chi connectivity index (χ3v) is 9.20. The van der Waals surface area contributed by atoms with Gasteiger partial charge in [0.25, 0.3) is 0 Å². The second-order valence-electron chi connectivity index (χ2n) is 9.22. The second kappa shape index (κ2) is 12.8. The van der Waals surface area contributed by atoms with Crippen molar-refractivity contribution in [3.8, 4) is 11.5 Å². The molecule has 1 aliphatic heterocycles. The number of thiazole rings is 1. The number of methoxy groups -OCH3 is 1. The highest BCUT2D eigenvalue weighted by atomic mass is 32.2. The molecule has 0 unspecified atom stereocenters. The summed E-state index contributed by atoms with van der Waals surface area (Å²) in [6, 6.07) is 12.5. The molecule has 1 aliphatic rings. The molecule has 0 amide bonds. The van der Waals surface area contributed by atoms with Gasteiger partial charge in [-0.2, -0.15) is 4.31 Å². The van der Waals surface area contributed by atoms with Crippen molar-refractivity contribution in [2.75, 3.05) is 33.3 Å². The Morgan fingerprint density at radius 1 is 1.08 bits per heavy atom. The average Bonchev–Trinajstić information content (AvgIpc) is 3.39. The van der Waals surface area contributed by atoms with Crippen LogP contribution in [0.4, 0.5) is 0 Å². The van der Waals surface area contributed by atoms with Gasteiger partial charge in [0.15, 0.2) is 11.5 Å². The van der Waals surface area contributed by atoms with E-state index in [0.29, 0.717) is 35.2 Å². The van der Waals surface area contributed by atoms with Crippen LogP contribution in [0.1, 0.15) is 41.1 Å². The third-order valence-electron chi connectivity index (χ3n) is 6.47. The Balaban J connectivity index is 1.55. The lowest BCUT2D eigenvalue weighted by Crippen LogP contribution is -2.40. The quantitative estimate of drug-likeness (QED) is 0.365. The molecule has 1 aromatic heterocycles. The molecule has 3 aromatic rings. The monoisotopic (exact) mass is 545 g/mol. The van der Waals surface area contributed by atoms with E-state index >= 15 is 0 Å². The van der Waals surface area contributed by atoms with E-state index in [9.17, 15) is 13.5 Å². The number of piperidine rings is 1. The lowest BCUT2D eigenvalue weighted by Gasteiger charge is -2.30. The Labute approximate surface area is 223 Å². The number of hydrogen-bond donors (Lipinski definition) is 1. The summed E-state index contributed by atoms with van der Waals surface area (Å²) in [5.41, 5.74) is 2.43. The van der Waals surface area contributed by atoms with Crippen LogP contribution >= 0.6 is 11.3 Å². The lowest BCUT2D eigenvalue weighted by molar-refractivity contribution is 0.211. The first-order chi connectivity index (χ1) is 17.9. The molecular formula is C27H35N3O5S2. The summed E-state index contributed by atoms with van der Waals surface area (Å²) in [5, 5.41) is 11.8. The molecule has 37 heavy (non-hydrogen) atoms. The van der Waals surface area contributed by atoms with Crippen molar-refractivity contribution in [2.24, 2.45) is 0 Å². The molecule has 1 fully saturated rings. The normalized spacial score (nSPS) is 14.7. The van der Waals surface area contributed by atoms with Crippen LogP contribution in [-0.2, 0) is 29.8 Å². The summed E-state index contributed by atoms with van der Waals surface area (Å²) in [4.78, 5) is 6.96. The van der Waals surface area contributed by atoms with Gasteiger partial charge in [0.1, 0.15) is 11.6 Å². The Hall–Kier alpha value is -2.50. The standard InChI is InChI=1S/C27H35N3O5S2/c1-21-6-9-24(10-7-21)37(32,33)30(15-14-29-12-4-3-5-13-29)17-22-8-11-25(34-2)26(16-22)35-19-27-28-23(18-31)20-36-27/h6-11,16,20,31H,3-5,12-15,17-19H2,1-2H3. The van der Waals surface area contributed by atoms with Gasteiger partial charge >= 0.3 is 0 Å². The van der Waals surface area contributed by atoms with Crippen molar-refractivity contribution in [1.82, 2.24) is 14.2 Å². The van der Waals surface area contributed by atoms with Gasteiger partial charge in [-0.15, -0.1) is 11.3 Å². The number of ether oxygens (including phenoxy) is 2. The first-order valence-corrected chi connectivity index (χ1v) is 14.8. The molecule has 0 spiro atoms. The number of nitrogens with zero attached hydrogens (tertiary/aromatic N) is 3. The Morgan fingerprint density at radius 3 is 2.51 bits per heavy atom. The van der Waals surface area contributed by atoms with E-state index in [1.807, 2.05) is 31.2 Å². The molecule has 10 heteroatoms. The van der Waals surface area contributed by atoms with Gasteiger partial charge in [-0.25, -0.2) is 13.4 Å². The van der Waals surface area contributed by atoms with Crippen molar-refractivity contribution in [1.29, 1.82) is 0 Å². The van der Waals surface area contributed by atoms with Gasteiger partial charge in [0.2, 0.25) is 10.0 Å². The summed E-state index contributed by atoms with van der Waals surface area (Å²) in [5.74, 6) is 1.08. The van der Waals surface area contributed by atoms with Crippen molar-refractivity contribution >= 4 is 21.4 Å². The van der Waals surface area contributed by atoms with Crippen LogP contribution < -0.4 is 9.47 Å². The van der Waals surface area contributed by atoms with Crippen LogP contribution in [0.25, 0.3) is 0 Å². The van der Waals surface area contributed by atoms with E-state index in [4.69, 9.17) is 9.47 Å². The fourth-order valence-corrected chi connectivity index (χ4v) is 6.46. The van der Waals surface area contributed by atoms with E-state index in [0.717, 1.165) is 42.1 Å². The SMILES string of the molecule is COc1ccc(CN(CCN2CCCCC2)S(=O)(=O)c2ccc(C)cc2)cc1OCc1nc(CO)cs1. The van der Waals surface area contributed by atoms with E-state index < -0.39 is 10.0 Å². The highest BCUT2D eigenvalue weighted by Gasteiger charge is 2.26. The predicted molar refractivity (Wildman–Crippen MR) is 144 cm³/mol. The van der Waals surface area contributed by atoms with Gasteiger partial charge in [-0.3, -0.25) is 0 Å². The molecule has 0 atom stereocenters. The van der Waals surface area contributed by atoms with Gasteiger partial charge in [-0.05, 0) is 62.7 Å². The maximum atomic E-state index is 13.7. The molecule has 200 valence electrons. The predicted octanol–water partition coefficient (Wildman–Crippen LogP) is 4.21. The van der Waals surface area contributed by atoms with E-state index in [2.05, 4.69) is 9.88 Å². The Bertz CT molecular complexity index is 1260. The van der Waals surface area contributed by atoms with Crippen LogP contribution in [0.5, 0.6) is 11.5 Å².